The number of rotatable bonds is 5. The Labute approximate surface area is 252 Å². The Kier molecular flexibility index (Phi) is 6.39. The molecule has 43 heavy (non-hydrogen) atoms. The van der Waals surface area contributed by atoms with Crippen LogP contribution in [0.3, 0.4) is 0 Å². The summed E-state index contributed by atoms with van der Waals surface area (Å²) in [5.41, 5.74) is 12.8. The van der Waals surface area contributed by atoms with E-state index in [0.29, 0.717) is 0 Å². The molecule has 0 aliphatic rings. The molecular formula is C38H34N4O. The number of benzene rings is 4. The molecule has 212 valence electrons. The lowest BCUT2D eigenvalue weighted by Gasteiger charge is -2.14. The minimum Gasteiger partial charge on any atom is -0.457 e. The minimum absolute atomic E-state index is 0.755. The van der Waals surface area contributed by atoms with Crippen molar-refractivity contribution in [2.45, 2.75) is 41.5 Å². The maximum atomic E-state index is 6.50. The average Bonchev–Trinajstić information content (AvgIpc) is 3.48. The van der Waals surface area contributed by atoms with Gasteiger partial charge in [-0.3, -0.25) is 4.57 Å². The van der Waals surface area contributed by atoms with Gasteiger partial charge in [0.25, 0.3) is 0 Å². The van der Waals surface area contributed by atoms with Crippen LogP contribution in [0.25, 0.3) is 44.4 Å². The first-order valence-electron chi connectivity index (χ1n) is 14.7. The van der Waals surface area contributed by atoms with Gasteiger partial charge in [-0.25, -0.2) is 9.67 Å². The summed E-state index contributed by atoms with van der Waals surface area (Å²) in [5.74, 6) is 2.41. The molecule has 0 spiro atoms. The molecule has 7 aromatic rings. The highest BCUT2D eigenvalue weighted by Gasteiger charge is 2.19. The monoisotopic (exact) mass is 562 g/mol. The molecule has 0 saturated carbocycles. The second-order valence-electron chi connectivity index (χ2n) is 11.5. The fraction of sp³-hybridized carbons (Fsp3) is 0.158. The van der Waals surface area contributed by atoms with Crippen molar-refractivity contribution in [1.82, 2.24) is 19.3 Å². The van der Waals surface area contributed by atoms with Crippen LogP contribution >= 0.6 is 0 Å². The molecule has 0 radical (unpaired) electrons. The number of para-hydroxylation sites is 1. The normalized spacial score (nSPS) is 11.5. The smallest absolute Gasteiger partial charge is 0.137 e. The van der Waals surface area contributed by atoms with Crippen LogP contribution in [-0.2, 0) is 0 Å². The summed E-state index contributed by atoms with van der Waals surface area (Å²) >= 11 is 0. The molecule has 3 aromatic heterocycles. The van der Waals surface area contributed by atoms with Crippen molar-refractivity contribution in [1.29, 1.82) is 0 Å². The first kappa shape index (κ1) is 26.7. The van der Waals surface area contributed by atoms with E-state index in [4.69, 9.17) is 14.8 Å². The summed E-state index contributed by atoms with van der Waals surface area (Å²) in [6.07, 6.45) is 1.86. The summed E-state index contributed by atoms with van der Waals surface area (Å²) in [4.78, 5) is 4.71. The van der Waals surface area contributed by atoms with E-state index in [0.717, 1.165) is 50.8 Å². The zero-order valence-corrected chi connectivity index (χ0v) is 25.4. The van der Waals surface area contributed by atoms with E-state index in [1.54, 1.807) is 0 Å². The predicted octanol–water partition coefficient (Wildman–Crippen LogP) is 9.67. The van der Waals surface area contributed by atoms with Gasteiger partial charge in [-0.2, -0.15) is 5.10 Å². The second-order valence-corrected chi connectivity index (χ2v) is 11.5. The molecular weight excluding hydrogens is 528 g/mol. The van der Waals surface area contributed by atoms with E-state index >= 15 is 0 Å². The lowest BCUT2D eigenvalue weighted by atomic mass is 9.91. The number of nitrogens with zero attached hydrogens (tertiary/aromatic N) is 4. The molecule has 0 aliphatic carbocycles. The summed E-state index contributed by atoms with van der Waals surface area (Å²) in [6, 6.07) is 31.4. The number of ether oxygens (including phenoxy) is 1. The standard InChI is InChI=1S/C38H34N4O/c1-23-18-19-39-36(20-23)41-34-13-8-7-12-32(34)33-17-16-31(22-35(33)41)43-30-11-9-10-29(21-30)42-28(6)38(27(5)40-42)37-25(3)15-14-24(2)26(37)4/h7-22H,1-6H3. The van der Waals surface area contributed by atoms with E-state index in [2.05, 4.69) is 113 Å². The number of pyridine rings is 1. The van der Waals surface area contributed by atoms with Gasteiger partial charge in [0.05, 0.1) is 22.4 Å². The van der Waals surface area contributed by atoms with Gasteiger partial charge >= 0.3 is 0 Å². The minimum atomic E-state index is 0.755. The third-order valence-electron chi connectivity index (χ3n) is 8.56. The van der Waals surface area contributed by atoms with Crippen molar-refractivity contribution in [2.75, 3.05) is 0 Å². The van der Waals surface area contributed by atoms with Crippen LogP contribution in [-0.4, -0.2) is 19.3 Å². The zero-order chi connectivity index (χ0) is 29.8. The molecule has 0 amide bonds. The number of hydrogen-bond acceptors (Lipinski definition) is 3. The summed E-state index contributed by atoms with van der Waals surface area (Å²) in [7, 11) is 0. The van der Waals surface area contributed by atoms with E-state index in [1.165, 1.54) is 38.8 Å². The highest BCUT2D eigenvalue weighted by molar-refractivity contribution is 6.09. The van der Waals surface area contributed by atoms with E-state index < -0.39 is 0 Å². The largest absolute Gasteiger partial charge is 0.457 e. The molecule has 0 N–H and O–H groups in total. The van der Waals surface area contributed by atoms with Gasteiger partial charge in [-0.05, 0) is 112 Å². The average molecular weight is 563 g/mol. The number of aryl methyl sites for hydroxylation is 4. The first-order chi connectivity index (χ1) is 20.8. The van der Waals surface area contributed by atoms with Gasteiger partial charge in [0.1, 0.15) is 17.3 Å². The Morgan fingerprint density at radius 2 is 1.40 bits per heavy atom. The van der Waals surface area contributed by atoms with Crippen molar-refractivity contribution < 1.29 is 4.74 Å². The molecule has 0 bridgehead atoms. The fourth-order valence-electron chi connectivity index (χ4n) is 6.31. The van der Waals surface area contributed by atoms with Crippen LogP contribution in [0.2, 0.25) is 0 Å². The van der Waals surface area contributed by atoms with Crippen LogP contribution < -0.4 is 4.74 Å². The topological polar surface area (TPSA) is 44.9 Å². The van der Waals surface area contributed by atoms with Crippen molar-refractivity contribution in [2.24, 2.45) is 0 Å². The van der Waals surface area contributed by atoms with Crippen LogP contribution in [0.15, 0.2) is 97.2 Å². The van der Waals surface area contributed by atoms with E-state index in [1.807, 2.05) is 35.1 Å². The third-order valence-corrected chi connectivity index (χ3v) is 8.56. The van der Waals surface area contributed by atoms with E-state index in [9.17, 15) is 0 Å². The molecule has 0 fully saturated rings. The molecule has 0 atom stereocenters. The number of hydrogen-bond donors (Lipinski definition) is 0. The SMILES string of the molecule is Cc1ccnc(-n2c3ccccc3c3ccc(Oc4cccc(-n5nc(C)c(-c6c(C)ccc(C)c6C)c5C)c4)cc32)c1. The highest BCUT2D eigenvalue weighted by Crippen LogP contribution is 2.37. The van der Waals surface area contributed by atoms with Gasteiger partial charge in [0, 0.05) is 40.4 Å². The molecule has 7 rings (SSSR count). The number of aromatic nitrogens is 4. The molecule has 3 heterocycles. The van der Waals surface area contributed by atoms with Crippen LogP contribution in [0.4, 0.5) is 0 Å². The second kappa shape index (κ2) is 10.3. The van der Waals surface area contributed by atoms with Crippen LogP contribution in [0.5, 0.6) is 11.5 Å². The van der Waals surface area contributed by atoms with Crippen molar-refractivity contribution in [3.8, 4) is 34.1 Å². The predicted molar refractivity (Wildman–Crippen MR) is 176 cm³/mol. The highest BCUT2D eigenvalue weighted by atomic mass is 16.5. The Morgan fingerprint density at radius 1 is 0.628 bits per heavy atom. The Hall–Kier alpha value is -5.16. The maximum absolute atomic E-state index is 6.50. The van der Waals surface area contributed by atoms with Gasteiger partial charge in [-0.15, -0.1) is 0 Å². The first-order valence-corrected chi connectivity index (χ1v) is 14.7. The molecule has 4 aromatic carbocycles. The molecule has 0 unspecified atom stereocenters. The van der Waals surface area contributed by atoms with Crippen molar-refractivity contribution in [3.63, 3.8) is 0 Å². The van der Waals surface area contributed by atoms with Crippen LogP contribution in [0, 0.1) is 41.5 Å². The summed E-state index contributed by atoms with van der Waals surface area (Å²) in [5, 5.41) is 7.34. The Balaban J connectivity index is 1.29. The molecule has 5 nitrogen and oxygen atoms in total. The van der Waals surface area contributed by atoms with Crippen LogP contribution in [0.1, 0.15) is 33.6 Å². The van der Waals surface area contributed by atoms with Gasteiger partial charge < -0.3 is 4.74 Å². The maximum Gasteiger partial charge on any atom is 0.137 e. The van der Waals surface area contributed by atoms with Crippen molar-refractivity contribution >= 4 is 21.8 Å². The quantitative estimate of drug-likeness (QED) is 0.210. The van der Waals surface area contributed by atoms with Crippen molar-refractivity contribution in [3.05, 3.63) is 131 Å². The lowest BCUT2D eigenvalue weighted by Crippen LogP contribution is -2.00. The van der Waals surface area contributed by atoms with Gasteiger partial charge in [0.15, 0.2) is 0 Å². The Morgan fingerprint density at radius 3 is 2.23 bits per heavy atom. The molecule has 5 heteroatoms. The zero-order valence-electron chi connectivity index (χ0n) is 25.4. The third kappa shape index (κ3) is 4.49. The molecule has 0 saturated heterocycles. The Bertz CT molecular complexity index is 2180. The number of fused-ring (bicyclic) bond motifs is 3. The summed E-state index contributed by atoms with van der Waals surface area (Å²) < 4.78 is 10.7. The fourth-order valence-corrected chi connectivity index (χ4v) is 6.31. The van der Waals surface area contributed by atoms with Gasteiger partial charge in [0.2, 0.25) is 0 Å². The summed E-state index contributed by atoms with van der Waals surface area (Å²) in [6.45, 7) is 12.9. The van der Waals surface area contributed by atoms with Gasteiger partial charge in [-0.1, -0.05) is 36.4 Å². The van der Waals surface area contributed by atoms with E-state index in [-0.39, 0.29) is 0 Å². The lowest BCUT2D eigenvalue weighted by molar-refractivity contribution is 0.483. The molecule has 0 aliphatic heterocycles.